The second kappa shape index (κ2) is 5.67. The van der Waals surface area contributed by atoms with Crippen molar-refractivity contribution in [3.63, 3.8) is 0 Å². The van der Waals surface area contributed by atoms with Crippen LogP contribution in [0.25, 0.3) is 0 Å². The molecule has 0 N–H and O–H groups in total. The van der Waals surface area contributed by atoms with E-state index in [-0.39, 0.29) is 12.2 Å². The molecule has 1 aromatic rings. The van der Waals surface area contributed by atoms with Crippen LogP contribution in [0.15, 0.2) is 30.3 Å². The second-order valence-corrected chi connectivity index (χ2v) is 5.92. The molecule has 94 valence electrons. The second-order valence-electron chi connectivity index (χ2n) is 4.84. The van der Waals surface area contributed by atoms with Crippen LogP contribution in [-0.2, 0) is 9.47 Å². The van der Waals surface area contributed by atoms with Gasteiger partial charge in [-0.1, -0.05) is 52.9 Å². The van der Waals surface area contributed by atoms with Gasteiger partial charge in [0.2, 0.25) is 0 Å². The fraction of sp³-hybridized carbons (Fsp3) is 0.571. The number of ether oxygens (including phenoxy) is 2. The van der Waals surface area contributed by atoms with Crippen LogP contribution in [0, 0.1) is 0 Å². The first-order chi connectivity index (χ1) is 8.12. The number of alkyl halides is 1. The zero-order valence-corrected chi connectivity index (χ0v) is 12.5. The maximum atomic E-state index is 6.02. The van der Waals surface area contributed by atoms with Crippen molar-refractivity contribution >= 4 is 22.6 Å². The van der Waals surface area contributed by atoms with Crippen LogP contribution in [-0.4, -0.2) is 16.3 Å². The standard InChI is InChI=1S/C14H19IO2/c1-14(2)16-12(9-6-10-15)13(17-14)11-7-4-3-5-8-11/h3-5,7-8,12-13H,6,9-10H2,1-2H3/t12-,13+/m0/s1. The van der Waals surface area contributed by atoms with Gasteiger partial charge in [-0.05, 0) is 36.7 Å². The molecular weight excluding hydrogens is 327 g/mol. The Labute approximate surface area is 117 Å². The molecule has 1 aliphatic heterocycles. The molecule has 0 amide bonds. The highest BCUT2D eigenvalue weighted by atomic mass is 127. The molecule has 0 unspecified atom stereocenters. The Hall–Kier alpha value is -0.130. The smallest absolute Gasteiger partial charge is 0.164 e. The van der Waals surface area contributed by atoms with E-state index in [0.29, 0.717) is 0 Å². The number of benzene rings is 1. The first-order valence-electron chi connectivity index (χ1n) is 6.09. The lowest BCUT2D eigenvalue weighted by atomic mass is 10.0. The van der Waals surface area contributed by atoms with Crippen LogP contribution >= 0.6 is 22.6 Å². The summed E-state index contributed by atoms with van der Waals surface area (Å²) in [7, 11) is 0. The van der Waals surface area contributed by atoms with Crippen molar-refractivity contribution in [2.75, 3.05) is 4.43 Å². The van der Waals surface area contributed by atoms with Gasteiger partial charge >= 0.3 is 0 Å². The highest BCUT2D eigenvalue weighted by Gasteiger charge is 2.41. The molecule has 2 nitrogen and oxygen atoms in total. The fourth-order valence-electron chi connectivity index (χ4n) is 2.25. The summed E-state index contributed by atoms with van der Waals surface area (Å²) in [6.45, 7) is 3.99. The Morgan fingerprint density at radius 2 is 1.88 bits per heavy atom. The van der Waals surface area contributed by atoms with Gasteiger partial charge < -0.3 is 9.47 Å². The first kappa shape index (κ1) is 13.3. The van der Waals surface area contributed by atoms with Gasteiger partial charge in [-0.25, -0.2) is 0 Å². The highest BCUT2D eigenvalue weighted by molar-refractivity contribution is 14.1. The molecule has 1 heterocycles. The van der Waals surface area contributed by atoms with Crippen LogP contribution in [0.1, 0.15) is 38.4 Å². The third kappa shape index (κ3) is 3.42. The molecule has 2 rings (SSSR count). The molecule has 1 fully saturated rings. The molecule has 0 aliphatic carbocycles. The number of hydrogen-bond acceptors (Lipinski definition) is 2. The van der Waals surface area contributed by atoms with Gasteiger partial charge in [0.1, 0.15) is 6.10 Å². The Balaban J connectivity index is 2.13. The Morgan fingerprint density at radius 3 is 2.53 bits per heavy atom. The topological polar surface area (TPSA) is 18.5 Å². The number of hydrogen-bond donors (Lipinski definition) is 0. The van der Waals surface area contributed by atoms with Gasteiger partial charge in [0, 0.05) is 0 Å². The summed E-state index contributed by atoms with van der Waals surface area (Å²) in [5.74, 6) is -0.462. The number of halogens is 1. The molecule has 3 heteroatoms. The lowest BCUT2D eigenvalue weighted by Crippen LogP contribution is -2.21. The molecule has 1 aliphatic rings. The van der Waals surface area contributed by atoms with Crippen molar-refractivity contribution in [1.82, 2.24) is 0 Å². The van der Waals surface area contributed by atoms with Gasteiger partial charge in [-0.3, -0.25) is 0 Å². The summed E-state index contributed by atoms with van der Waals surface area (Å²) < 4.78 is 13.2. The van der Waals surface area contributed by atoms with Crippen molar-refractivity contribution in [2.45, 2.75) is 44.7 Å². The quantitative estimate of drug-likeness (QED) is 0.604. The molecule has 2 atom stereocenters. The Kier molecular flexibility index (Phi) is 4.44. The molecule has 0 spiro atoms. The van der Waals surface area contributed by atoms with Crippen molar-refractivity contribution in [1.29, 1.82) is 0 Å². The maximum absolute atomic E-state index is 6.02. The SMILES string of the molecule is CC1(C)O[C@@H](CCCI)[C@@H](c2ccccc2)O1. The van der Waals surface area contributed by atoms with Gasteiger partial charge in [0.05, 0.1) is 6.10 Å². The lowest BCUT2D eigenvalue weighted by Gasteiger charge is -2.16. The summed E-state index contributed by atoms with van der Waals surface area (Å²) in [6, 6.07) is 10.4. The van der Waals surface area contributed by atoms with Gasteiger partial charge in [0.25, 0.3) is 0 Å². The molecule has 0 bridgehead atoms. The summed E-state index contributed by atoms with van der Waals surface area (Å²) in [5.41, 5.74) is 1.22. The monoisotopic (exact) mass is 346 g/mol. The molecule has 0 aromatic heterocycles. The molecular formula is C14H19IO2. The van der Waals surface area contributed by atoms with E-state index >= 15 is 0 Å². The average Bonchev–Trinajstić information content (AvgIpc) is 2.63. The van der Waals surface area contributed by atoms with Crippen LogP contribution in [0.4, 0.5) is 0 Å². The summed E-state index contributed by atoms with van der Waals surface area (Å²) in [4.78, 5) is 0. The normalized spacial score (nSPS) is 27.2. The van der Waals surface area contributed by atoms with E-state index in [9.17, 15) is 0 Å². The predicted molar refractivity (Wildman–Crippen MR) is 77.3 cm³/mol. The van der Waals surface area contributed by atoms with Crippen LogP contribution in [0.5, 0.6) is 0 Å². The van der Waals surface area contributed by atoms with Crippen molar-refractivity contribution in [3.05, 3.63) is 35.9 Å². The van der Waals surface area contributed by atoms with Crippen molar-refractivity contribution in [3.8, 4) is 0 Å². The van der Waals surface area contributed by atoms with E-state index in [2.05, 4.69) is 46.9 Å². The van der Waals surface area contributed by atoms with E-state index in [1.165, 1.54) is 16.4 Å². The van der Waals surface area contributed by atoms with E-state index in [0.717, 1.165) is 6.42 Å². The number of rotatable bonds is 4. The van der Waals surface area contributed by atoms with Gasteiger partial charge in [-0.2, -0.15) is 0 Å². The Bertz CT molecular complexity index is 350. The minimum absolute atomic E-state index is 0.0779. The van der Waals surface area contributed by atoms with E-state index in [1.807, 2.05) is 19.9 Å². The molecule has 1 saturated heterocycles. The van der Waals surface area contributed by atoms with E-state index < -0.39 is 5.79 Å². The van der Waals surface area contributed by atoms with Crippen LogP contribution < -0.4 is 0 Å². The zero-order chi connectivity index (χ0) is 12.3. The third-order valence-corrected chi connectivity index (χ3v) is 3.70. The minimum atomic E-state index is -0.462. The molecule has 0 radical (unpaired) electrons. The van der Waals surface area contributed by atoms with Crippen molar-refractivity contribution < 1.29 is 9.47 Å². The maximum Gasteiger partial charge on any atom is 0.164 e. The predicted octanol–water partition coefficient (Wildman–Crippen LogP) is 4.09. The highest BCUT2D eigenvalue weighted by Crippen LogP contribution is 2.39. The molecule has 1 aromatic carbocycles. The van der Waals surface area contributed by atoms with Crippen LogP contribution in [0.3, 0.4) is 0 Å². The van der Waals surface area contributed by atoms with E-state index in [1.54, 1.807) is 0 Å². The van der Waals surface area contributed by atoms with Crippen molar-refractivity contribution in [2.24, 2.45) is 0 Å². The first-order valence-corrected chi connectivity index (χ1v) is 7.61. The summed E-state index contributed by atoms with van der Waals surface area (Å²) in [6.07, 6.45) is 2.50. The van der Waals surface area contributed by atoms with Crippen LogP contribution in [0.2, 0.25) is 0 Å². The lowest BCUT2D eigenvalue weighted by molar-refractivity contribution is -0.147. The summed E-state index contributed by atoms with van der Waals surface area (Å²) in [5, 5.41) is 0. The average molecular weight is 346 g/mol. The molecule has 17 heavy (non-hydrogen) atoms. The van der Waals surface area contributed by atoms with E-state index in [4.69, 9.17) is 9.47 Å². The summed E-state index contributed by atoms with van der Waals surface area (Å²) >= 11 is 2.41. The minimum Gasteiger partial charge on any atom is -0.344 e. The Morgan fingerprint density at radius 1 is 1.18 bits per heavy atom. The fourth-order valence-corrected chi connectivity index (χ4v) is 2.69. The molecule has 0 saturated carbocycles. The largest absolute Gasteiger partial charge is 0.344 e. The zero-order valence-electron chi connectivity index (χ0n) is 10.4. The van der Waals surface area contributed by atoms with Gasteiger partial charge in [-0.15, -0.1) is 0 Å². The van der Waals surface area contributed by atoms with Gasteiger partial charge in [0.15, 0.2) is 5.79 Å². The third-order valence-electron chi connectivity index (χ3n) is 2.93.